The first-order valence-electron chi connectivity index (χ1n) is 7.64. The molecule has 1 aliphatic heterocycles. The van der Waals surface area contributed by atoms with E-state index >= 15 is 0 Å². The second-order valence-electron chi connectivity index (χ2n) is 5.64. The number of aromatic nitrogens is 4. The Morgan fingerprint density at radius 2 is 1.83 bits per heavy atom. The summed E-state index contributed by atoms with van der Waals surface area (Å²) in [4.78, 5) is 21.3. The third-order valence-electron chi connectivity index (χ3n) is 4.11. The number of pyridine rings is 1. The largest absolute Gasteiger partial charge is 0.357 e. The number of H-pyrrole nitrogens is 1. The molecule has 7 heteroatoms. The molecule has 3 aromatic heterocycles. The van der Waals surface area contributed by atoms with Crippen LogP contribution in [0.4, 0.5) is 11.6 Å². The van der Waals surface area contributed by atoms with Crippen molar-refractivity contribution in [2.75, 3.05) is 36.0 Å². The number of nitrogens with zero attached hydrogens (tertiary/aromatic N) is 5. The van der Waals surface area contributed by atoms with Crippen LogP contribution in [0.5, 0.6) is 0 Å². The van der Waals surface area contributed by atoms with E-state index in [-0.39, 0.29) is 0 Å². The molecule has 1 saturated heterocycles. The van der Waals surface area contributed by atoms with Crippen molar-refractivity contribution in [3.63, 3.8) is 0 Å². The number of nitrogens with one attached hydrogen (secondary N) is 1. The predicted octanol–water partition coefficient (Wildman–Crippen LogP) is 2.64. The van der Waals surface area contributed by atoms with Gasteiger partial charge in [0.25, 0.3) is 0 Å². The van der Waals surface area contributed by atoms with E-state index in [9.17, 15) is 0 Å². The minimum atomic E-state index is 0.665. The maximum Gasteiger partial charge on any atom is 0.156 e. The van der Waals surface area contributed by atoms with Crippen molar-refractivity contribution in [2.45, 2.75) is 6.92 Å². The summed E-state index contributed by atoms with van der Waals surface area (Å²) < 4.78 is 0. The van der Waals surface area contributed by atoms with E-state index in [0.717, 1.165) is 54.7 Å². The number of aryl methyl sites for hydroxylation is 1. The molecule has 0 spiro atoms. The number of hydrogen-bond acceptors (Lipinski definition) is 5. The Balaban J connectivity index is 1.55. The number of piperazine rings is 1. The van der Waals surface area contributed by atoms with E-state index in [4.69, 9.17) is 11.6 Å². The van der Waals surface area contributed by atoms with Crippen LogP contribution in [-0.2, 0) is 0 Å². The fourth-order valence-corrected chi connectivity index (χ4v) is 3.08. The highest BCUT2D eigenvalue weighted by atomic mass is 35.5. The van der Waals surface area contributed by atoms with Crippen molar-refractivity contribution in [1.82, 2.24) is 19.9 Å². The highest BCUT2D eigenvalue weighted by Crippen LogP contribution is 2.24. The normalized spacial score (nSPS) is 15.4. The molecule has 3 aromatic rings. The molecule has 0 radical (unpaired) electrons. The van der Waals surface area contributed by atoms with Gasteiger partial charge in [-0.2, -0.15) is 0 Å². The molecule has 0 saturated carbocycles. The van der Waals surface area contributed by atoms with Gasteiger partial charge in [0, 0.05) is 38.6 Å². The van der Waals surface area contributed by atoms with Gasteiger partial charge in [-0.05, 0) is 25.1 Å². The minimum Gasteiger partial charge on any atom is -0.357 e. The fraction of sp³-hybridized carbons (Fsp3) is 0.312. The quantitative estimate of drug-likeness (QED) is 0.783. The van der Waals surface area contributed by atoms with Crippen LogP contribution in [0.1, 0.15) is 5.82 Å². The first-order valence-corrected chi connectivity index (χ1v) is 8.02. The van der Waals surface area contributed by atoms with Crippen LogP contribution < -0.4 is 9.80 Å². The molecule has 6 nitrogen and oxygen atoms in total. The Morgan fingerprint density at radius 1 is 1.04 bits per heavy atom. The monoisotopic (exact) mass is 328 g/mol. The van der Waals surface area contributed by atoms with E-state index in [1.165, 1.54) is 0 Å². The lowest BCUT2D eigenvalue weighted by atomic mass is 10.3. The lowest BCUT2D eigenvalue weighted by Crippen LogP contribution is -2.47. The van der Waals surface area contributed by atoms with Crippen molar-refractivity contribution in [3.8, 4) is 0 Å². The molecule has 1 fully saturated rings. The molecule has 0 unspecified atom stereocenters. The molecule has 4 heterocycles. The second kappa shape index (κ2) is 5.70. The summed E-state index contributed by atoms with van der Waals surface area (Å²) in [7, 11) is 0. The summed E-state index contributed by atoms with van der Waals surface area (Å²) in [6.45, 7) is 5.54. The zero-order chi connectivity index (χ0) is 15.8. The average molecular weight is 329 g/mol. The molecule has 0 atom stereocenters. The van der Waals surface area contributed by atoms with Crippen LogP contribution in [0.15, 0.2) is 30.6 Å². The Hall–Kier alpha value is -2.34. The Bertz CT molecular complexity index is 820. The molecule has 23 heavy (non-hydrogen) atoms. The van der Waals surface area contributed by atoms with Gasteiger partial charge in [0.15, 0.2) is 5.82 Å². The summed E-state index contributed by atoms with van der Waals surface area (Å²) in [5.74, 6) is 2.76. The van der Waals surface area contributed by atoms with E-state index in [1.54, 1.807) is 6.20 Å². The molecular formula is C16H17ClN6. The molecule has 0 amide bonds. The summed E-state index contributed by atoms with van der Waals surface area (Å²) >= 11 is 5.91. The average Bonchev–Trinajstić information content (AvgIpc) is 3.03. The zero-order valence-corrected chi connectivity index (χ0v) is 13.6. The standard InChI is InChI=1S/C16H17ClN6/c1-11-20-13-4-5-18-15(13)16(21-11)23-8-6-22(7-9-23)14-3-2-12(17)10-19-14/h2-5,10,18H,6-9H2,1H3. The highest BCUT2D eigenvalue weighted by Gasteiger charge is 2.21. The molecule has 1 N–H and O–H groups in total. The fourth-order valence-electron chi connectivity index (χ4n) is 2.97. The third kappa shape index (κ3) is 2.70. The van der Waals surface area contributed by atoms with Gasteiger partial charge in [-0.3, -0.25) is 0 Å². The maximum atomic E-state index is 5.91. The first-order chi connectivity index (χ1) is 11.2. The lowest BCUT2D eigenvalue weighted by Gasteiger charge is -2.36. The van der Waals surface area contributed by atoms with Gasteiger partial charge in [-0.25, -0.2) is 15.0 Å². The van der Waals surface area contributed by atoms with Crippen molar-refractivity contribution >= 4 is 34.3 Å². The molecule has 118 valence electrons. The van der Waals surface area contributed by atoms with Crippen LogP contribution in [0.3, 0.4) is 0 Å². The van der Waals surface area contributed by atoms with Crippen LogP contribution in [0.25, 0.3) is 11.0 Å². The smallest absolute Gasteiger partial charge is 0.156 e. The van der Waals surface area contributed by atoms with Gasteiger partial charge >= 0.3 is 0 Å². The first kappa shape index (κ1) is 14.3. The van der Waals surface area contributed by atoms with E-state index in [1.807, 2.05) is 31.3 Å². The summed E-state index contributed by atoms with van der Waals surface area (Å²) in [6.07, 6.45) is 3.61. The Labute approximate surface area is 139 Å². The van der Waals surface area contributed by atoms with E-state index < -0.39 is 0 Å². The van der Waals surface area contributed by atoms with Crippen LogP contribution >= 0.6 is 11.6 Å². The number of aromatic amines is 1. The minimum absolute atomic E-state index is 0.665. The summed E-state index contributed by atoms with van der Waals surface area (Å²) in [5.41, 5.74) is 1.97. The zero-order valence-electron chi connectivity index (χ0n) is 12.8. The van der Waals surface area contributed by atoms with Crippen LogP contribution in [0.2, 0.25) is 5.02 Å². The van der Waals surface area contributed by atoms with Gasteiger partial charge in [-0.1, -0.05) is 11.6 Å². The molecule has 0 bridgehead atoms. The van der Waals surface area contributed by atoms with Crippen LogP contribution in [0, 0.1) is 6.92 Å². The SMILES string of the molecule is Cc1nc(N2CCN(c3ccc(Cl)cn3)CC2)c2[nH]ccc2n1. The lowest BCUT2D eigenvalue weighted by molar-refractivity contribution is 0.642. The predicted molar refractivity (Wildman–Crippen MR) is 92.3 cm³/mol. The van der Waals surface area contributed by atoms with Crippen molar-refractivity contribution < 1.29 is 0 Å². The van der Waals surface area contributed by atoms with Gasteiger partial charge in [0.1, 0.15) is 17.2 Å². The van der Waals surface area contributed by atoms with Gasteiger partial charge in [-0.15, -0.1) is 0 Å². The molecule has 4 rings (SSSR count). The van der Waals surface area contributed by atoms with Gasteiger partial charge < -0.3 is 14.8 Å². The van der Waals surface area contributed by atoms with Gasteiger partial charge in [0.05, 0.1) is 10.5 Å². The van der Waals surface area contributed by atoms with Crippen molar-refractivity contribution in [3.05, 3.63) is 41.4 Å². The third-order valence-corrected chi connectivity index (χ3v) is 4.34. The Kier molecular flexibility index (Phi) is 3.53. The number of fused-ring (bicyclic) bond motifs is 1. The van der Waals surface area contributed by atoms with Crippen molar-refractivity contribution in [2.24, 2.45) is 0 Å². The second-order valence-corrected chi connectivity index (χ2v) is 6.08. The highest BCUT2D eigenvalue weighted by molar-refractivity contribution is 6.30. The summed E-state index contributed by atoms with van der Waals surface area (Å²) in [5, 5.41) is 0.665. The number of rotatable bonds is 2. The number of anilines is 2. The molecule has 0 aliphatic carbocycles. The summed E-state index contributed by atoms with van der Waals surface area (Å²) in [6, 6.07) is 5.84. The topological polar surface area (TPSA) is 60.9 Å². The Morgan fingerprint density at radius 3 is 2.57 bits per heavy atom. The molecule has 1 aliphatic rings. The van der Waals surface area contributed by atoms with Crippen molar-refractivity contribution in [1.29, 1.82) is 0 Å². The molecule has 0 aromatic carbocycles. The van der Waals surface area contributed by atoms with E-state index in [0.29, 0.717) is 5.02 Å². The number of halogens is 1. The molecular weight excluding hydrogens is 312 g/mol. The van der Waals surface area contributed by atoms with E-state index in [2.05, 4.69) is 29.7 Å². The van der Waals surface area contributed by atoms with Crippen LogP contribution in [-0.4, -0.2) is 46.1 Å². The van der Waals surface area contributed by atoms with Gasteiger partial charge in [0.2, 0.25) is 0 Å². The maximum absolute atomic E-state index is 5.91. The number of hydrogen-bond donors (Lipinski definition) is 1.